The predicted molar refractivity (Wildman–Crippen MR) is 115 cm³/mol. The molecular formula is C22H21BrN4O2. The van der Waals surface area contributed by atoms with E-state index in [9.17, 15) is 4.79 Å². The van der Waals surface area contributed by atoms with Gasteiger partial charge in [0, 0.05) is 21.6 Å². The molecule has 6 nitrogen and oxygen atoms in total. The fourth-order valence-corrected chi connectivity index (χ4v) is 3.56. The standard InChI is InChI=1S/C22H21BrN4O2/c1-13(14-6-8-16(23)9-7-14)26-21(28)20-12-29-22(27-20)18(24)10-15-11-25-19-5-3-2-4-17(15)19/h2-9,11-13,18,25H,10,24H2,1H3,(H,26,28). The molecule has 2 atom stereocenters. The SMILES string of the molecule is CC(NC(=O)c1coc(C(N)Cc2c[nH]c3ccccc23)n1)c1ccc(Br)cc1. The van der Waals surface area contributed by atoms with Crippen LogP contribution in [0.1, 0.15) is 46.5 Å². The fraction of sp³-hybridized carbons (Fsp3) is 0.182. The molecule has 0 bridgehead atoms. The zero-order valence-electron chi connectivity index (χ0n) is 15.9. The Morgan fingerprint density at radius 3 is 2.79 bits per heavy atom. The van der Waals surface area contributed by atoms with Crippen LogP contribution in [0.3, 0.4) is 0 Å². The Labute approximate surface area is 176 Å². The second-order valence-corrected chi connectivity index (χ2v) is 7.90. The Balaban J connectivity index is 1.43. The lowest BCUT2D eigenvalue weighted by Crippen LogP contribution is -2.27. The van der Waals surface area contributed by atoms with Crippen molar-refractivity contribution in [2.75, 3.05) is 0 Å². The van der Waals surface area contributed by atoms with Crippen LogP contribution in [0.5, 0.6) is 0 Å². The van der Waals surface area contributed by atoms with Gasteiger partial charge in [-0.15, -0.1) is 0 Å². The fourth-order valence-electron chi connectivity index (χ4n) is 3.29. The molecule has 1 amide bonds. The van der Waals surface area contributed by atoms with Crippen molar-refractivity contribution in [2.45, 2.75) is 25.4 Å². The van der Waals surface area contributed by atoms with Crippen molar-refractivity contribution < 1.29 is 9.21 Å². The molecule has 0 saturated heterocycles. The molecule has 2 aromatic heterocycles. The van der Waals surface area contributed by atoms with Crippen molar-refractivity contribution in [3.63, 3.8) is 0 Å². The number of carbonyl (C=O) groups is 1. The van der Waals surface area contributed by atoms with Crippen molar-refractivity contribution in [2.24, 2.45) is 5.73 Å². The van der Waals surface area contributed by atoms with E-state index < -0.39 is 6.04 Å². The lowest BCUT2D eigenvalue weighted by molar-refractivity contribution is 0.0934. The summed E-state index contributed by atoms with van der Waals surface area (Å²) in [5, 5.41) is 4.05. The highest BCUT2D eigenvalue weighted by molar-refractivity contribution is 9.10. The van der Waals surface area contributed by atoms with Crippen LogP contribution < -0.4 is 11.1 Å². The highest BCUT2D eigenvalue weighted by Gasteiger charge is 2.20. The minimum atomic E-state index is -0.445. The van der Waals surface area contributed by atoms with Gasteiger partial charge in [0.1, 0.15) is 6.26 Å². The molecule has 0 aliphatic heterocycles. The number of nitrogens with one attached hydrogen (secondary N) is 2. The number of nitrogens with two attached hydrogens (primary N) is 1. The van der Waals surface area contributed by atoms with Crippen molar-refractivity contribution >= 4 is 32.7 Å². The third-order valence-electron chi connectivity index (χ3n) is 4.90. The summed E-state index contributed by atoms with van der Waals surface area (Å²) < 4.78 is 6.49. The van der Waals surface area contributed by atoms with E-state index in [0.29, 0.717) is 12.3 Å². The summed E-state index contributed by atoms with van der Waals surface area (Å²) in [6.07, 6.45) is 3.86. The van der Waals surface area contributed by atoms with E-state index in [4.69, 9.17) is 10.2 Å². The van der Waals surface area contributed by atoms with Crippen LogP contribution in [0.25, 0.3) is 10.9 Å². The van der Waals surface area contributed by atoms with Crippen molar-refractivity contribution in [1.29, 1.82) is 0 Å². The molecule has 0 aliphatic rings. The minimum absolute atomic E-state index is 0.157. The van der Waals surface area contributed by atoms with Gasteiger partial charge in [0.2, 0.25) is 5.89 Å². The molecule has 4 rings (SSSR count). The molecule has 2 aromatic carbocycles. The Hall–Kier alpha value is -2.90. The number of H-pyrrole nitrogens is 1. The van der Waals surface area contributed by atoms with Crippen LogP contribution in [0.4, 0.5) is 0 Å². The van der Waals surface area contributed by atoms with Crippen LogP contribution in [0, 0.1) is 0 Å². The lowest BCUT2D eigenvalue weighted by atomic mass is 10.1. The number of oxazole rings is 1. The average Bonchev–Trinajstić information content (AvgIpc) is 3.36. The molecule has 0 aliphatic carbocycles. The minimum Gasteiger partial charge on any atom is -0.446 e. The van der Waals surface area contributed by atoms with Crippen molar-refractivity contribution in [3.05, 3.63) is 88.2 Å². The van der Waals surface area contributed by atoms with E-state index in [2.05, 4.69) is 31.2 Å². The smallest absolute Gasteiger partial charge is 0.273 e. The Bertz CT molecular complexity index is 1130. The third kappa shape index (κ3) is 4.26. The van der Waals surface area contributed by atoms with Crippen LogP contribution in [-0.4, -0.2) is 15.9 Å². The summed E-state index contributed by atoms with van der Waals surface area (Å²) in [5.41, 5.74) is 9.66. The molecule has 4 aromatic rings. The first kappa shape index (κ1) is 19.4. The van der Waals surface area contributed by atoms with Crippen LogP contribution in [0.2, 0.25) is 0 Å². The second kappa shape index (κ2) is 8.23. The van der Waals surface area contributed by atoms with Gasteiger partial charge in [0.15, 0.2) is 5.69 Å². The van der Waals surface area contributed by atoms with Crippen molar-refractivity contribution in [1.82, 2.24) is 15.3 Å². The van der Waals surface area contributed by atoms with Crippen LogP contribution in [-0.2, 0) is 6.42 Å². The molecule has 7 heteroatoms. The number of hydrogen-bond acceptors (Lipinski definition) is 4. The Kier molecular flexibility index (Phi) is 5.51. The predicted octanol–water partition coefficient (Wildman–Crippen LogP) is 4.65. The quantitative estimate of drug-likeness (QED) is 0.396. The molecule has 4 N–H and O–H groups in total. The van der Waals surface area contributed by atoms with E-state index in [0.717, 1.165) is 26.5 Å². The number of aromatic amines is 1. The molecule has 0 saturated carbocycles. The molecular weight excluding hydrogens is 432 g/mol. The maximum atomic E-state index is 12.5. The van der Waals surface area contributed by atoms with Gasteiger partial charge in [0.25, 0.3) is 5.91 Å². The normalized spacial score (nSPS) is 13.3. The number of aromatic nitrogens is 2. The van der Waals surface area contributed by atoms with Gasteiger partial charge in [0.05, 0.1) is 12.1 Å². The molecule has 29 heavy (non-hydrogen) atoms. The van der Waals surface area contributed by atoms with E-state index in [1.54, 1.807) is 0 Å². The summed E-state index contributed by atoms with van der Waals surface area (Å²) in [4.78, 5) is 20.1. The number of amides is 1. The topological polar surface area (TPSA) is 96.9 Å². The van der Waals surface area contributed by atoms with Gasteiger partial charge in [-0.3, -0.25) is 4.79 Å². The average molecular weight is 453 g/mol. The van der Waals surface area contributed by atoms with Gasteiger partial charge in [-0.1, -0.05) is 46.3 Å². The maximum absolute atomic E-state index is 12.5. The monoisotopic (exact) mass is 452 g/mol. The van der Waals surface area contributed by atoms with Gasteiger partial charge < -0.3 is 20.5 Å². The number of fused-ring (bicyclic) bond motifs is 1. The number of rotatable bonds is 6. The van der Waals surface area contributed by atoms with E-state index in [-0.39, 0.29) is 17.6 Å². The van der Waals surface area contributed by atoms with Gasteiger partial charge in [-0.2, -0.15) is 0 Å². The number of benzene rings is 2. The highest BCUT2D eigenvalue weighted by atomic mass is 79.9. The number of hydrogen-bond donors (Lipinski definition) is 3. The van der Waals surface area contributed by atoms with Crippen LogP contribution in [0.15, 0.2) is 69.9 Å². The van der Waals surface area contributed by atoms with Crippen LogP contribution >= 0.6 is 15.9 Å². The summed E-state index contributed by atoms with van der Waals surface area (Å²) >= 11 is 3.41. The lowest BCUT2D eigenvalue weighted by Gasteiger charge is -2.13. The number of carbonyl (C=O) groups excluding carboxylic acids is 1. The highest BCUT2D eigenvalue weighted by Crippen LogP contribution is 2.23. The molecule has 148 valence electrons. The molecule has 2 heterocycles. The first-order valence-corrected chi connectivity index (χ1v) is 10.1. The summed E-state index contributed by atoms with van der Waals surface area (Å²) in [7, 11) is 0. The zero-order valence-corrected chi connectivity index (χ0v) is 17.4. The Morgan fingerprint density at radius 1 is 1.24 bits per heavy atom. The van der Waals surface area contributed by atoms with Gasteiger partial charge in [-0.25, -0.2) is 4.98 Å². The second-order valence-electron chi connectivity index (χ2n) is 6.99. The van der Waals surface area contributed by atoms with Gasteiger partial charge >= 0.3 is 0 Å². The largest absolute Gasteiger partial charge is 0.446 e. The maximum Gasteiger partial charge on any atom is 0.273 e. The number of para-hydroxylation sites is 1. The molecule has 2 unspecified atom stereocenters. The molecule has 0 spiro atoms. The Morgan fingerprint density at radius 2 is 2.00 bits per heavy atom. The molecule has 0 fully saturated rings. The number of halogens is 1. The zero-order chi connectivity index (χ0) is 20.4. The number of nitrogens with zero attached hydrogens (tertiary/aromatic N) is 1. The third-order valence-corrected chi connectivity index (χ3v) is 5.43. The van der Waals surface area contributed by atoms with E-state index in [1.807, 2.05) is 61.7 Å². The summed E-state index contributed by atoms with van der Waals surface area (Å²) in [6, 6.07) is 15.2. The summed E-state index contributed by atoms with van der Waals surface area (Å²) in [6.45, 7) is 1.92. The summed E-state index contributed by atoms with van der Waals surface area (Å²) in [5.74, 6) is 0.0476. The first-order chi connectivity index (χ1) is 14.0. The van der Waals surface area contributed by atoms with E-state index >= 15 is 0 Å². The van der Waals surface area contributed by atoms with Crippen molar-refractivity contribution in [3.8, 4) is 0 Å². The molecule has 0 radical (unpaired) electrons. The van der Waals surface area contributed by atoms with Gasteiger partial charge in [-0.05, 0) is 42.7 Å². The van der Waals surface area contributed by atoms with E-state index in [1.165, 1.54) is 6.26 Å². The first-order valence-electron chi connectivity index (χ1n) is 9.33.